The van der Waals surface area contributed by atoms with Crippen molar-refractivity contribution in [1.29, 1.82) is 0 Å². The number of hydrogen-bond donors (Lipinski definition) is 2. The summed E-state index contributed by atoms with van der Waals surface area (Å²) in [5.74, 6) is -7.52. The Morgan fingerprint density at radius 1 is 1.33 bits per heavy atom. The van der Waals surface area contributed by atoms with E-state index in [2.05, 4.69) is 0 Å². The van der Waals surface area contributed by atoms with Crippen LogP contribution >= 0.6 is 0 Å². The molecule has 0 fully saturated rings. The maximum absolute atomic E-state index is 13.5. The zero-order chi connectivity index (χ0) is 11.9. The van der Waals surface area contributed by atoms with Gasteiger partial charge in [0.2, 0.25) is 0 Å². The number of allylic oxidation sites excluding steroid dienone is 2. The van der Waals surface area contributed by atoms with Gasteiger partial charge in [0.05, 0.1) is 0 Å². The summed E-state index contributed by atoms with van der Waals surface area (Å²) in [5.41, 5.74) is -3.73. The largest absolute Gasteiger partial charge is 0.480 e. The summed E-state index contributed by atoms with van der Waals surface area (Å²) in [7, 11) is 0. The fraction of sp³-hybridized carbons (Fsp3) is 0.333. The van der Waals surface area contributed by atoms with Gasteiger partial charge in [-0.05, 0) is 13.0 Å². The highest BCUT2D eigenvalue weighted by Crippen LogP contribution is 2.45. The smallest absolute Gasteiger partial charge is 0.337 e. The lowest BCUT2D eigenvalue weighted by Gasteiger charge is -2.33. The van der Waals surface area contributed by atoms with E-state index in [4.69, 9.17) is 10.2 Å². The van der Waals surface area contributed by atoms with E-state index in [1.165, 1.54) is 0 Å². The molecule has 4 nitrogen and oxygen atoms in total. The molecule has 15 heavy (non-hydrogen) atoms. The third kappa shape index (κ3) is 1.42. The van der Waals surface area contributed by atoms with Crippen LogP contribution in [0.15, 0.2) is 23.8 Å². The van der Waals surface area contributed by atoms with E-state index in [-0.39, 0.29) is 0 Å². The maximum Gasteiger partial charge on any atom is 0.337 e. The van der Waals surface area contributed by atoms with Crippen molar-refractivity contribution in [2.24, 2.45) is 5.41 Å². The van der Waals surface area contributed by atoms with Crippen LogP contribution in [-0.2, 0) is 9.59 Å². The molecule has 0 bridgehead atoms. The number of rotatable bonds is 2. The molecule has 1 atom stereocenters. The van der Waals surface area contributed by atoms with Crippen molar-refractivity contribution in [1.82, 2.24) is 0 Å². The molecule has 1 rings (SSSR count). The normalized spacial score (nSPS) is 28.3. The first-order chi connectivity index (χ1) is 6.73. The molecule has 0 spiro atoms. The van der Waals surface area contributed by atoms with Gasteiger partial charge in [0.15, 0.2) is 5.41 Å². The van der Waals surface area contributed by atoms with Crippen molar-refractivity contribution >= 4 is 11.9 Å². The van der Waals surface area contributed by atoms with Crippen molar-refractivity contribution in [2.75, 3.05) is 0 Å². The van der Waals surface area contributed by atoms with Crippen LogP contribution in [0.25, 0.3) is 0 Å². The van der Waals surface area contributed by atoms with Crippen LogP contribution in [0.4, 0.5) is 8.78 Å². The van der Waals surface area contributed by atoms with E-state index >= 15 is 0 Å². The molecule has 1 unspecified atom stereocenters. The van der Waals surface area contributed by atoms with Gasteiger partial charge >= 0.3 is 11.9 Å². The molecule has 1 aliphatic rings. The number of carboxylic acids is 2. The summed E-state index contributed by atoms with van der Waals surface area (Å²) in [6, 6.07) is 0. The Morgan fingerprint density at radius 3 is 2.27 bits per heavy atom. The van der Waals surface area contributed by atoms with Gasteiger partial charge in [-0.1, -0.05) is 12.2 Å². The van der Waals surface area contributed by atoms with Crippen molar-refractivity contribution in [3.63, 3.8) is 0 Å². The van der Waals surface area contributed by atoms with E-state index in [1.54, 1.807) is 0 Å². The zero-order valence-electron chi connectivity index (χ0n) is 7.70. The first kappa shape index (κ1) is 11.4. The summed E-state index contributed by atoms with van der Waals surface area (Å²) >= 11 is 0. The lowest BCUT2D eigenvalue weighted by atomic mass is 9.76. The first-order valence-electron chi connectivity index (χ1n) is 3.98. The average Bonchev–Trinajstić information content (AvgIpc) is 2.08. The van der Waals surface area contributed by atoms with Gasteiger partial charge in [0.1, 0.15) is 5.57 Å². The minimum atomic E-state index is -3.93. The average molecular weight is 218 g/mol. The Balaban J connectivity index is 3.32. The number of carbonyl (C=O) groups is 2. The van der Waals surface area contributed by atoms with E-state index in [1.807, 2.05) is 0 Å². The van der Waals surface area contributed by atoms with Gasteiger partial charge in [0.25, 0.3) is 5.92 Å². The summed E-state index contributed by atoms with van der Waals surface area (Å²) in [4.78, 5) is 21.2. The van der Waals surface area contributed by atoms with Crippen LogP contribution in [-0.4, -0.2) is 28.1 Å². The Morgan fingerprint density at radius 2 is 1.87 bits per heavy atom. The molecule has 0 heterocycles. The Hall–Kier alpha value is -1.72. The van der Waals surface area contributed by atoms with Crippen molar-refractivity contribution in [3.8, 4) is 0 Å². The van der Waals surface area contributed by atoms with Crippen LogP contribution < -0.4 is 0 Å². The molecule has 6 heteroatoms. The number of halogens is 2. The Bertz CT molecular complexity index is 384. The van der Waals surface area contributed by atoms with Crippen molar-refractivity contribution < 1.29 is 28.6 Å². The number of alkyl halides is 2. The van der Waals surface area contributed by atoms with Crippen molar-refractivity contribution in [2.45, 2.75) is 12.8 Å². The van der Waals surface area contributed by atoms with Gasteiger partial charge in [-0.2, -0.15) is 8.78 Å². The monoisotopic (exact) mass is 218 g/mol. The second kappa shape index (κ2) is 3.15. The van der Waals surface area contributed by atoms with E-state index in [0.717, 1.165) is 19.1 Å². The molecule has 0 aromatic carbocycles. The van der Waals surface area contributed by atoms with Crippen LogP contribution in [0.5, 0.6) is 0 Å². The molecule has 0 aliphatic heterocycles. The highest BCUT2D eigenvalue weighted by atomic mass is 19.3. The van der Waals surface area contributed by atoms with E-state index in [0.29, 0.717) is 6.08 Å². The molecular weight excluding hydrogens is 210 g/mol. The van der Waals surface area contributed by atoms with Gasteiger partial charge in [-0.15, -0.1) is 0 Å². The summed E-state index contributed by atoms with van der Waals surface area (Å²) < 4.78 is 27.1. The first-order valence-corrected chi connectivity index (χ1v) is 3.98. The van der Waals surface area contributed by atoms with Crippen LogP contribution in [0.3, 0.4) is 0 Å². The third-order valence-corrected chi connectivity index (χ3v) is 2.36. The summed E-state index contributed by atoms with van der Waals surface area (Å²) in [5, 5.41) is 17.2. The topological polar surface area (TPSA) is 74.6 Å². The fourth-order valence-corrected chi connectivity index (χ4v) is 1.24. The molecule has 0 aromatic rings. The lowest BCUT2D eigenvalue weighted by Crippen LogP contribution is -2.48. The predicted octanol–water partition coefficient (Wildman–Crippen LogP) is 1.29. The molecule has 0 aromatic heterocycles. The zero-order valence-corrected chi connectivity index (χ0v) is 7.70. The molecule has 0 saturated heterocycles. The summed E-state index contributed by atoms with van der Waals surface area (Å²) in [6.07, 6.45) is 2.49. The minimum absolute atomic E-state index is 0.701. The second-order valence-corrected chi connectivity index (χ2v) is 3.33. The third-order valence-electron chi connectivity index (χ3n) is 2.36. The van der Waals surface area contributed by atoms with Gasteiger partial charge < -0.3 is 10.2 Å². The van der Waals surface area contributed by atoms with Crippen LogP contribution in [0, 0.1) is 5.41 Å². The van der Waals surface area contributed by atoms with E-state index in [9.17, 15) is 18.4 Å². The van der Waals surface area contributed by atoms with E-state index < -0.39 is 28.8 Å². The van der Waals surface area contributed by atoms with Gasteiger partial charge in [0, 0.05) is 0 Å². The number of hydrogen-bond acceptors (Lipinski definition) is 2. The SMILES string of the molecule is CC1(C(=O)O)C=CC=C(C(=O)O)C1(F)F. The van der Waals surface area contributed by atoms with Crippen molar-refractivity contribution in [3.05, 3.63) is 23.8 Å². The van der Waals surface area contributed by atoms with Crippen LogP contribution in [0.1, 0.15) is 6.92 Å². The highest BCUT2D eigenvalue weighted by molar-refractivity contribution is 5.93. The fourth-order valence-electron chi connectivity index (χ4n) is 1.24. The molecule has 1 aliphatic carbocycles. The Labute approximate surface area is 83.5 Å². The van der Waals surface area contributed by atoms with Gasteiger partial charge in [-0.3, -0.25) is 4.79 Å². The number of aliphatic carboxylic acids is 2. The second-order valence-electron chi connectivity index (χ2n) is 3.33. The summed E-state index contributed by atoms with van der Waals surface area (Å²) in [6.45, 7) is 0.780. The molecule has 82 valence electrons. The molecule has 2 N–H and O–H groups in total. The standard InChI is InChI=1S/C9H8F2O4/c1-8(7(14)15)4-2-3-5(6(12)13)9(8,10)11/h2-4H,1H3,(H,12,13)(H,14,15). The minimum Gasteiger partial charge on any atom is -0.480 e. The molecule has 0 amide bonds. The predicted molar refractivity (Wildman–Crippen MR) is 45.5 cm³/mol. The quantitative estimate of drug-likeness (QED) is 0.732. The number of carboxylic acid groups (broad SMARTS) is 2. The van der Waals surface area contributed by atoms with Crippen LogP contribution in [0.2, 0.25) is 0 Å². The highest BCUT2D eigenvalue weighted by Gasteiger charge is 2.59. The van der Waals surface area contributed by atoms with Gasteiger partial charge in [-0.25, -0.2) is 4.79 Å². The molecule has 0 saturated carbocycles. The lowest BCUT2D eigenvalue weighted by molar-refractivity contribution is -0.164. The maximum atomic E-state index is 13.5. The Kier molecular flexibility index (Phi) is 2.38. The molecular formula is C9H8F2O4. The molecule has 0 radical (unpaired) electrons.